The molecule has 0 aromatic heterocycles. The molecule has 1 heterocycles. The Hall–Kier alpha value is -0.350. The molecule has 0 bridgehead atoms. The lowest BCUT2D eigenvalue weighted by atomic mass is 9.81. The van der Waals surface area contributed by atoms with Gasteiger partial charge in [-0.05, 0) is 46.8 Å². The standard InChI is InChI=1S/C12H24N2OS/c1-6-13-10(16)15-9-7-11(2,3)14-12(4,5)8-9/h9,14H,6-8H2,1-5H3,(H,13,16). The topological polar surface area (TPSA) is 33.3 Å². The van der Waals surface area contributed by atoms with Crippen LogP contribution in [0.4, 0.5) is 0 Å². The molecule has 0 aromatic carbocycles. The van der Waals surface area contributed by atoms with Gasteiger partial charge in [0.2, 0.25) is 0 Å². The zero-order valence-electron chi connectivity index (χ0n) is 11.0. The maximum Gasteiger partial charge on any atom is 0.256 e. The van der Waals surface area contributed by atoms with E-state index in [9.17, 15) is 0 Å². The van der Waals surface area contributed by atoms with E-state index in [-0.39, 0.29) is 17.2 Å². The van der Waals surface area contributed by atoms with Gasteiger partial charge in [-0.3, -0.25) is 0 Å². The Balaban J connectivity index is 2.57. The predicted octanol–water partition coefficient (Wildman–Crippen LogP) is 2.21. The van der Waals surface area contributed by atoms with Gasteiger partial charge in [0, 0.05) is 30.5 Å². The highest BCUT2D eigenvalue weighted by molar-refractivity contribution is 7.80. The Morgan fingerprint density at radius 3 is 2.25 bits per heavy atom. The zero-order valence-corrected chi connectivity index (χ0v) is 11.8. The quantitative estimate of drug-likeness (QED) is 0.730. The molecule has 4 heteroatoms. The lowest BCUT2D eigenvalue weighted by Gasteiger charge is -2.46. The van der Waals surface area contributed by atoms with Crippen molar-refractivity contribution in [3.8, 4) is 0 Å². The fraction of sp³-hybridized carbons (Fsp3) is 0.917. The SMILES string of the molecule is CCNC(=S)OC1CC(C)(C)NC(C)(C)C1. The van der Waals surface area contributed by atoms with Gasteiger partial charge in [0.25, 0.3) is 5.17 Å². The molecule has 16 heavy (non-hydrogen) atoms. The number of rotatable bonds is 2. The van der Waals surface area contributed by atoms with Crippen molar-refractivity contribution in [1.82, 2.24) is 10.6 Å². The third kappa shape index (κ3) is 4.26. The van der Waals surface area contributed by atoms with Crippen LogP contribution in [0.3, 0.4) is 0 Å². The van der Waals surface area contributed by atoms with Crippen molar-refractivity contribution >= 4 is 17.4 Å². The predicted molar refractivity (Wildman–Crippen MR) is 71.7 cm³/mol. The van der Waals surface area contributed by atoms with E-state index in [1.165, 1.54) is 0 Å². The Kier molecular flexibility index (Phi) is 4.18. The van der Waals surface area contributed by atoms with E-state index < -0.39 is 0 Å². The van der Waals surface area contributed by atoms with Gasteiger partial charge in [-0.25, -0.2) is 0 Å². The van der Waals surface area contributed by atoms with Crippen molar-refractivity contribution in [2.75, 3.05) is 6.54 Å². The molecule has 1 saturated heterocycles. The van der Waals surface area contributed by atoms with Crippen LogP contribution in [-0.4, -0.2) is 28.9 Å². The van der Waals surface area contributed by atoms with Gasteiger partial charge in [0.05, 0.1) is 0 Å². The van der Waals surface area contributed by atoms with E-state index in [1.54, 1.807) is 0 Å². The minimum atomic E-state index is 0.105. The van der Waals surface area contributed by atoms with Crippen molar-refractivity contribution < 1.29 is 4.74 Å². The third-order valence-corrected chi connectivity index (χ3v) is 2.99. The fourth-order valence-corrected chi connectivity index (χ4v) is 2.93. The molecule has 0 aromatic rings. The minimum Gasteiger partial charge on any atom is -0.468 e. The van der Waals surface area contributed by atoms with Gasteiger partial charge < -0.3 is 15.4 Å². The van der Waals surface area contributed by atoms with Gasteiger partial charge in [-0.1, -0.05) is 0 Å². The van der Waals surface area contributed by atoms with Crippen molar-refractivity contribution in [1.29, 1.82) is 0 Å². The number of piperidine rings is 1. The summed E-state index contributed by atoms with van der Waals surface area (Å²) in [5.74, 6) is 0. The lowest BCUT2D eigenvalue weighted by Crippen LogP contribution is -2.60. The second-order valence-electron chi connectivity index (χ2n) is 5.86. The second kappa shape index (κ2) is 4.88. The summed E-state index contributed by atoms with van der Waals surface area (Å²) < 4.78 is 5.78. The molecule has 0 atom stereocenters. The van der Waals surface area contributed by atoms with Gasteiger partial charge in [-0.2, -0.15) is 0 Å². The lowest BCUT2D eigenvalue weighted by molar-refractivity contribution is 0.0476. The molecule has 1 rings (SSSR count). The molecule has 0 radical (unpaired) electrons. The van der Waals surface area contributed by atoms with Crippen LogP contribution in [0.25, 0.3) is 0 Å². The van der Waals surface area contributed by atoms with Crippen LogP contribution in [0.1, 0.15) is 47.5 Å². The molecule has 0 aliphatic carbocycles. The zero-order chi connectivity index (χ0) is 12.4. The average Bonchev–Trinajstić information content (AvgIpc) is 1.96. The summed E-state index contributed by atoms with van der Waals surface area (Å²) in [6, 6.07) is 0. The Morgan fingerprint density at radius 2 is 1.81 bits per heavy atom. The molecular formula is C12H24N2OS. The van der Waals surface area contributed by atoms with Crippen LogP contribution < -0.4 is 10.6 Å². The first-order valence-electron chi connectivity index (χ1n) is 5.98. The molecule has 1 aliphatic rings. The van der Waals surface area contributed by atoms with Gasteiger partial charge >= 0.3 is 0 Å². The highest BCUT2D eigenvalue weighted by atomic mass is 32.1. The molecule has 0 spiro atoms. The average molecular weight is 244 g/mol. The summed E-state index contributed by atoms with van der Waals surface area (Å²) >= 11 is 5.13. The van der Waals surface area contributed by atoms with E-state index in [1.807, 2.05) is 6.92 Å². The van der Waals surface area contributed by atoms with Crippen LogP contribution in [-0.2, 0) is 4.74 Å². The molecule has 94 valence electrons. The van der Waals surface area contributed by atoms with Crippen molar-refractivity contribution in [2.45, 2.75) is 64.6 Å². The summed E-state index contributed by atoms with van der Waals surface area (Å²) in [6.07, 6.45) is 2.18. The summed E-state index contributed by atoms with van der Waals surface area (Å²) in [4.78, 5) is 0. The monoisotopic (exact) mass is 244 g/mol. The summed E-state index contributed by atoms with van der Waals surface area (Å²) in [5.41, 5.74) is 0.211. The van der Waals surface area contributed by atoms with Gasteiger partial charge in [0.1, 0.15) is 6.10 Å². The van der Waals surface area contributed by atoms with Crippen LogP contribution in [0, 0.1) is 0 Å². The van der Waals surface area contributed by atoms with Gasteiger partial charge in [0.15, 0.2) is 0 Å². The molecule has 0 saturated carbocycles. The molecule has 2 N–H and O–H groups in total. The normalized spacial score (nSPS) is 23.8. The van der Waals surface area contributed by atoms with E-state index >= 15 is 0 Å². The first-order valence-corrected chi connectivity index (χ1v) is 6.39. The number of hydrogen-bond acceptors (Lipinski definition) is 3. The van der Waals surface area contributed by atoms with E-state index in [2.05, 4.69) is 38.3 Å². The first-order chi connectivity index (χ1) is 7.24. The minimum absolute atomic E-state index is 0.105. The molecule has 0 amide bonds. The summed E-state index contributed by atoms with van der Waals surface area (Å²) in [6.45, 7) is 11.7. The Labute approximate surface area is 104 Å². The maximum absolute atomic E-state index is 5.78. The van der Waals surface area contributed by atoms with Crippen LogP contribution in [0.5, 0.6) is 0 Å². The van der Waals surface area contributed by atoms with Crippen LogP contribution in [0.2, 0.25) is 0 Å². The Morgan fingerprint density at radius 1 is 1.31 bits per heavy atom. The molecule has 3 nitrogen and oxygen atoms in total. The van der Waals surface area contributed by atoms with Crippen molar-refractivity contribution in [2.24, 2.45) is 0 Å². The first kappa shape index (κ1) is 13.7. The Bertz CT molecular complexity index is 248. The molecule has 1 aliphatic heterocycles. The van der Waals surface area contributed by atoms with E-state index in [0.717, 1.165) is 19.4 Å². The maximum atomic E-state index is 5.78. The van der Waals surface area contributed by atoms with Crippen molar-refractivity contribution in [3.05, 3.63) is 0 Å². The largest absolute Gasteiger partial charge is 0.468 e. The van der Waals surface area contributed by atoms with E-state index in [4.69, 9.17) is 17.0 Å². The van der Waals surface area contributed by atoms with Crippen LogP contribution in [0.15, 0.2) is 0 Å². The second-order valence-corrected chi connectivity index (χ2v) is 6.23. The van der Waals surface area contributed by atoms with E-state index in [0.29, 0.717) is 5.17 Å². The number of ether oxygens (including phenoxy) is 1. The fourth-order valence-electron chi connectivity index (χ4n) is 2.65. The third-order valence-electron chi connectivity index (χ3n) is 2.75. The highest BCUT2D eigenvalue weighted by Crippen LogP contribution is 2.30. The molecule has 0 unspecified atom stereocenters. The molecular weight excluding hydrogens is 220 g/mol. The van der Waals surface area contributed by atoms with Gasteiger partial charge in [-0.15, -0.1) is 0 Å². The smallest absolute Gasteiger partial charge is 0.256 e. The number of thiocarbonyl (C=S) groups is 1. The van der Waals surface area contributed by atoms with Crippen LogP contribution >= 0.6 is 12.2 Å². The molecule has 1 fully saturated rings. The summed E-state index contributed by atoms with van der Waals surface area (Å²) in [5, 5.41) is 7.19. The van der Waals surface area contributed by atoms with Crippen molar-refractivity contribution in [3.63, 3.8) is 0 Å². The highest BCUT2D eigenvalue weighted by Gasteiger charge is 2.38. The summed E-state index contributed by atoms with van der Waals surface area (Å²) in [7, 11) is 0. The number of hydrogen-bond donors (Lipinski definition) is 2. The number of nitrogens with one attached hydrogen (secondary N) is 2.